The number of carbonyl (C=O) groups excluding carboxylic acids is 1. The van der Waals surface area contributed by atoms with Gasteiger partial charge in [-0.2, -0.15) is 13.2 Å². The van der Waals surface area contributed by atoms with Gasteiger partial charge in [-0.05, 0) is 43.8 Å². The van der Waals surface area contributed by atoms with Gasteiger partial charge in [-0.3, -0.25) is 4.79 Å². The number of amides is 1. The molecule has 0 aliphatic rings. The molecule has 0 aliphatic heterocycles. The van der Waals surface area contributed by atoms with Gasteiger partial charge >= 0.3 is 6.18 Å². The lowest BCUT2D eigenvalue weighted by Crippen LogP contribution is -2.14. The van der Waals surface area contributed by atoms with Gasteiger partial charge in [0.15, 0.2) is 0 Å². The Balaban J connectivity index is 0.000000509. The van der Waals surface area contributed by atoms with E-state index in [1.807, 2.05) is 7.05 Å². The van der Waals surface area contributed by atoms with Crippen LogP contribution in [0.2, 0.25) is 0 Å². The number of pyridine rings is 1. The third-order valence-corrected chi connectivity index (χ3v) is 4.84. The molecular formula is C24H26F3N7O. The van der Waals surface area contributed by atoms with E-state index in [0.717, 1.165) is 30.8 Å². The van der Waals surface area contributed by atoms with Crippen molar-refractivity contribution in [3.05, 3.63) is 72.4 Å². The quantitative estimate of drug-likeness (QED) is 0.384. The fraction of sp³-hybridized carbons (Fsp3) is 0.250. The molecule has 0 spiro atoms. The molecule has 4 rings (SSSR count). The number of fused-ring (bicyclic) bond motifs is 1. The van der Waals surface area contributed by atoms with Gasteiger partial charge < -0.3 is 20.8 Å². The topological polar surface area (TPSA) is 110 Å². The maximum absolute atomic E-state index is 12.8. The minimum absolute atomic E-state index is 0.187. The molecule has 4 aromatic rings. The van der Waals surface area contributed by atoms with Gasteiger partial charge in [-0.25, -0.2) is 15.0 Å². The van der Waals surface area contributed by atoms with E-state index < -0.39 is 17.6 Å². The van der Waals surface area contributed by atoms with E-state index in [1.54, 1.807) is 35.3 Å². The zero-order chi connectivity index (χ0) is 25.6. The van der Waals surface area contributed by atoms with Gasteiger partial charge in [0.05, 0.1) is 11.3 Å². The number of nitrogens with two attached hydrogens (primary N) is 1. The van der Waals surface area contributed by atoms with E-state index in [-0.39, 0.29) is 11.4 Å². The predicted octanol–water partition coefficient (Wildman–Crippen LogP) is 4.51. The highest BCUT2D eigenvalue weighted by atomic mass is 19.4. The lowest BCUT2D eigenvalue weighted by atomic mass is 10.1. The van der Waals surface area contributed by atoms with Crippen molar-refractivity contribution in [2.75, 3.05) is 24.6 Å². The fourth-order valence-electron chi connectivity index (χ4n) is 3.24. The summed E-state index contributed by atoms with van der Waals surface area (Å²) in [7, 11) is 1.97. The predicted molar refractivity (Wildman–Crippen MR) is 129 cm³/mol. The van der Waals surface area contributed by atoms with Gasteiger partial charge in [0, 0.05) is 29.7 Å². The average molecular weight is 486 g/mol. The molecule has 0 radical (unpaired) electrons. The van der Waals surface area contributed by atoms with Crippen molar-refractivity contribution >= 4 is 23.1 Å². The monoisotopic (exact) mass is 485 g/mol. The van der Waals surface area contributed by atoms with E-state index in [2.05, 4.69) is 39.4 Å². The van der Waals surface area contributed by atoms with Crippen molar-refractivity contribution in [2.24, 2.45) is 5.92 Å². The van der Waals surface area contributed by atoms with Gasteiger partial charge in [-0.1, -0.05) is 26.0 Å². The Morgan fingerprint density at radius 3 is 2.40 bits per heavy atom. The molecular weight excluding hydrogens is 459 g/mol. The van der Waals surface area contributed by atoms with Crippen LogP contribution in [0, 0.1) is 5.92 Å². The van der Waals surface area contributed by atoms with Crippen LogP contribution in [-0.2, 0) is 6.18 Å². The number of hydrogen-bond donors (Lipinski definition) is 3. The van der Waals surface area contributed by atoms with E-state index >= 15 is 0 Å². The van der Waals surface area contributed by atoms with Gasteiger partial charge in [0.1, 0.15) is 23.5 Å². The molecule has 35 heavy (non-hydrogen) atoms. The summed E-state index contributed by atoms with van der Waals surface area (Å²) in [4.78, 5) is 24.5. The molecule has 184 valence electrons. The molecule has 8 nitrogen and oxygen atoms in total. The molecule has 0 bridgehead atoms. The number of anilines is 2. The lowest BCUT2D eigenvalue weighted by Gasteiger charge is -2.09. The Kier molecular flexibility index (Phi) is 8.02. The molecule has 0 unspecified atom stereocenters. The van der Waals surface area contributed by atoms with Crippen LogP contribution in [0.3, 0.4) is 0 Å². The minimum Gasteiger partial charge on any atom is -0.382 e. The maximum atomic E-state index is 12.8. The second kappa shape index (κ2) is 11.0. The molecule has 3 heterocycles. The molecule has 11 heteroatoms. The number of halogens is 3. The van der Waals surface area contributed by atoms with Gasteiger partial charge in [0.2, 0.25) is 0 Å². The number of nitrogens with one attached hydrogen (secondary N) is 2. The van der Waals surface area contributed by atoms with E-state index in [0.29, 0.717) is 22.6 Å². The Morgan fingerprint density at radius 1 is 1.09 bits per heavy atom. The third-order valence-electron chi connectivity index (χ3n) is 4.84. The Labute approximate surface area is 200 Å². The first-order valence-electron chi connectivity index (χ1n) is 10.8. The number of hydrogen-bond acceptors (Lipinski definition) is 6. The smallest absolute Gasteiger partial charge is 0.382 e. The summed E-state index contributed by atoms with van der Waals surface area (Å²) < 4.78 is 40.1. The van der Waals surface area contributed by atoms with Crippen LogP contribution in [0.25, 0.3) is 16.8 Å². The summed E-state index contributed by atoms with van der Waals surface area (Å²) in [6.07, 6.45) is 1.34. The second-order valence-electron chi connectivity index (χ2n) is 8.07. The summed E-state index contributed by atoms with van der Waals surface area (Å²) >= 11 is 0. The first kappa shape index (κ1) is 25.6. The summed E-state index contributed by atoms with van der Waals surface area (Å²) in [5, 5.41) is 5.43. The van der Waals surface area contributed by atoms with Crippen LogP contribution >= 0.6 is 0 Å². The van der Waals surface area contributed by atoms with Gasteiger partial charge in [0.25, 0.3) is 5.91 Å². The Morgan fingerprint density at radius 2 is 1.80 bits per heavy atom. The lowest BCUT2D eigenvalue weighted by molar-refractivity contribution is -0.137. The molecule has 0 saturated carbocycles. The molecule has 0 saturated heterocycles. The van der Waals surface area contributed by atoms with Gasteiger partial charge in [-0.15, -0.1) is 0 Å². The highest BCUT2D eigenvalue weighted by molar-refractivity contribution is 6.04. The number of rotatable bonds is 5. The molecule has 3 aromatic heterocycles. The largest absolute Gasteiger partial charge is 0.416 e. The molecule has 0 aliphatic carbocycles. The van der Waals surface area contributed by atoms with Crippen molar-refractivity contribution in [3.63, 3.8) is 0 Å². The Hall–Kier alpha value is -3.99. The highest BCUT2D eigenvalue weighted by Crippen LogP contribution is 2.30. The van der Waals surface area contributed by atoms with Crippen molar-refractivity contribution in [2.45, 2.75) is 20.0 Å². The Bertz CT molecular complexity index is 1280. The number of nitrogens with zero attached hydrogens (tertiary/aromatic N) is 4. The zero-order valence-electron chi connectivity index (χ0n) is 19.5. The number of imidazole rings is 1. The summed E-state index contributed by atoms with van der Waals surface area (Å²) in [5.41, 5.74) is 7.23. The number of carbonyl (C=O) groups is 1. The number of aromatic nitrogens is 4. The minimum atomic E-state index is -4.52. The normalized spacial score (nSPS) is 11.3. The van der Waals surface area contributed by atoms with Crippen LogP contribution in [0.15, 0.2) is 61.3 Å². The number of alkyl halides is 3. The average Bonchev–Trinajstić information content (AvgIpc) is 3.25. The second-order valence-corrected chi connectivity index (χ2v) is 8.07. The summed E-state index contributed by atoms with van der Waals surface area (Å²) in [6, 6.07) is 8.03. The zero-order valence-corrected chi connectivity index (χ0v) is 19.5. The van der Waals surface area contributed by atoms with Crippen LogP contribution in [-0.4, -0.2) is 38.9 Å². The van der Waals surface area contributed by atoms with Crippen molar-refractivity contribution < 1.29 is 18.0 Å². The number of nitrogen functional groups attached to an aromatic ring is 1. The maximum Gasteiger partial charge on any atom is 0.416 e. The molecule has 1 amide bonds. The first-order valence-corrected chi connectivity index (χ1v) is 10.8. The van der Waals surface area contributed by atoms with E-state index in [9.17, 15) is 18.0 Å². The first-order chi connectivity index (χ1) is 16.6. The number of benzene rings is 1. The van der Waals surface area contributed by atoms with E-state index in [1.165, 1.54) is 12.1 Å². The standard InChI is InChI=1S/C19H13F3N6O.C5H13N/c20-19(21,22)13-5-6-24-14(9-13)27-18(29)12-3-1-11(2-4-12)15-16-17(23)25-7-8-28(16)10-26-15;1-5(2)4-6-3/h1-10H,(H2,23,25)(H,24,27,29);5-6H,4H2,1-3H3. The summed E-state index contributed by atoms with van der Waals surface area (Å²) in [6.45, 7) is 5.51. The molecule has 0 fully saturated rings. The van der Waals surface area contributed by atoms with Crippen molar-refractivity contribution in [1.82, 2.24) is 24.7 Å². The molecule has 4 N–H and O–H groups in total. The van der Waals surface area contributed by atoms with Crippen molar-refractivity contribution in [3.8, 4) is 11.3 Å². The van der Waals surface area contributed by atoms with Crippen LogP contribution in [0.5, 0.6) is 0 Å². The van der Waals surface area contributed by atoms with Crippen LogP contribution in [0.4, 0.5) is 24.8 Å². The third kappa shape index (κ3) is 6.54. The fourth-order valence-corrected chi connectivity index (χ4v) is 3.24. The van der Waals surface area contributed by atoms with E-state index in [4.69, 9.17) is 5.73 Å². The highest BCUT2D eigenvalue weighted by Gasteiger charge is 2.30. The summed E-state index contributed by atoms with van der Waals surface area (Å²) in [5.74, 6) is 0.333. The van der Waals surface area contributed by atoms with Crippen LogP contribution < -0.4 is 16.4 Å². The van der Waals surface area contributed by atoms with Crippen molar-refractivity contribution in [1.29, 1.82) is 0 Å². The molecule has 0 atom stereocenters. The SMILES string of the molecule is CNCC(C)C.Nc1nccn2cnc(-c3ccc(C(=O)Nc4cc(C(F)(F)F)ccn4)cc3)c12. The molecule has 1 aromatic carbocycles. The van der Waals surface area contributed by atoms with Crippen LogP contribution in [0.1, 0.15) is 29.8 Å².